The molecular formula is C15H16F2N4. The zero-order chi connectivity index (χ0) is 14.8. The highest BCUT2D eigenvalue weighted by Gasteiger charge is 2.20. The van der Waals surface area contributed by atoms with E-state index in [1.54, 1.807) is 6.20 Å². The summed E-state index contributed by atoms with van der Waals surface area (Å²) in [6.07, 6.45) is 1.73. The number of aryl methyl sites for hydroxylation is 1. The standard InChI is InChI=1S/C15H16F2N4/c1-11-18-5-4-15(19-11)21-8-6-20(7-9-21)14-10-12(16)2-3-13(14)17/h2-5,10H,6-9H2,1H3. The summed E-state index contributed by atoms with van der Waals surface area (Å²) < 4.78 is 27.1. The largest absolute Gasteiger partial charge is 0.366 e. The van der Waals surface area contributed by atoms with E-state index in [2.05, 4.69) is 14.9 Å². The number of anilines is 2. The van der Waals surface area contributed by atoms with Gasteiger partial charge in [0.15, 0.2) is 0 Å². The Morgan fingerprint density at radius 2 is 1.71 bits per heavy atom. The van der Waals surface area contributed by atoms with Crippen LogP contribution in [0.5, 0.6) is 0 Å². The van der Waals surface area contributed by atoms with E-state index in [0.717, 1.165) is 17.7 Å². The molecular weight excluding hydrogens is 274 g/mol. The Bertz CT molecular complexity index is 639. The summed E-state index contributed by atoms with van der Waals surface area (Å²) >= 11 is 0. The predicted molar refractivity (Wildman–Crippen MR) is 77.6 cm³/mol. The van der Waals surface area contributed by atoms with E-state index in [9.17, 15) is 8.78 Å². The second-order valence-corrected chi connectivity index (χ2v) is 5.03. The van der Waals surface area contributed by atoms with E-state index in [4.69, 9.17) is 0 Å². The molecule has 1 saturated heterocycles. The Morgan fingerprint density at radius 1 is 1.00 bits per heavy atom. The highest BCUT2D eigenvalue weighted by molar-refractivity contribution is 5.50. The molecule has 1 aromatic heterocycles. The molecule has 0 atom stereocenters. The van der Waals surface area contributed by atoms with E-state index in [1.165, 1.54) is 12.1 Å². The van der Waals surface area contributed by atoms with Crippen molar-refractivity contribution in [2.24, 2.45) is 0 Å². The molecule has 2 heterocycles. The maximum absolute atomic E-state index is 13.8. The number of rotatable bonds is 2. The van der Waals surface area contributed by atoms with Gasteiger partial charge in [-0.2, -0.15) is 0 Å². The Hall–Kier alpha value is -2.24. The van der Waals surface area contributed by atoms with Crippen LogP contribution in [0.1, 0.15) is 5.82 Å². The number of piperazine rings is 1. The smallest absolute Gasteiger partial charge is 0.146 e. The third-order valence-corrected chi connectivity index (χ3v) is 3.61. The third kappa shape index (κ3) is 2.94. The molecule has 3 rings (SSSR count). The summed E-state index contributed by atoms with van der Waals surface area (Å²) in [7, 11) is 0. The first-order valence-corrected chi connectivity index (χ1v) is 6.88. The van der Waals surface area contributed by atoms with Gasteiger partial charge in [-0.15, -0.1) is 0 Å². The second-order valence-electron chi connectivity index (χ2n) is 5.03. The zero-order valence-electron chi connectivity index (χ0n) is 11.8. The van der Waals surface area contributed by atoms with Crippen molar-refractivity contribution in [1.29, 1.82) is 0 Å². The van der Waals surface area contributed by atoms with Crippen molar-refractivity contribution >= 4 is 11.5 Å². The topological polar surface area (TPSA) is 32.3 Å². The summed E-state index contributed by atoms with van der Waals surface area (Å²) in [6.45, 7) is 4.54. The minimum atomic E-state index is -0.416. The van der Waals surface area contributed by atoms with Crippen LogP contribution in [0.4, 0.5) is 20.3 Å². The molecule has 0 radical (unpaired) electrons. The van der Waals surface area contributed by atoms with E-state index in [1.807, 2.05) is 17.9 Å². The fourth-order valence-corrected chi connectivity index (χ4v) is 2.52. The van der Waals surface area contributed by atoms with Gasteiger partial charge in [0.05, 0.1) is 5.69 Å². The molecule has 21 heavy (non-hydrogen) atoms. The first-order chi connectivity index (χ1) is 10.1. The fraction of sp³-hybridized carbons (Fsp3) is 0.333. The van der Waals surface area contributed by atoms with Crippen LogP contribution in [-0.2, 0) is 0 Å². The van der Waals surface area contributed by atoms with Crippen molar-refractivity contribution < 1.29 is 8.78 Å². The predicted octanol–water partition coefficient (Wildman–Crippen LogP) is 2.39. The molecule has 0 saturated carbocycles. The van der Waals surface area contributed by atoms with Crippen molar-refractivity contribution in [3.8, 4) is 0 Å². The lowest BCUT2D eigenvalue weighted by molar-refractivity contribution is 0.579. The van der Waals surface area contributed by atoms with E-state index in [-0.39, 0.29) is 5.82 Å². The van der Waals surface area contributed by atoms with Crippen molar-refractivity contribution in [1.82, 2.24) is 9.97 Å². The van der Waals surface area contributed by atoms with Gasteiger partial charge in [-0.3, -0.25) is 0 Å². The van der Waals surface area contributed by atoms with E-state index < -0.39 is 5.82 Å². The van der Waals surface area contributed by atoms with Crippen molar-refractivity contribution in [3.05, 3.63) is 47.9 Å². The van der Waals surface area contributed by atoms with Crippen molar-refractivity contribution in [2.75, 3.05) is 36.0 Å². The molecule has 0 amide bonds. The number of halogens is 2. The Balaban J connectivity index is 1.72. The minimum absolute atomic E-state index is 0.327. The summed E-state index contributed by atoms with van der Waals surface area (Å²) in [6, 6.07) is 5.43. The van der Waals surface area contributed by atoms with Gasteiger partial charge < -0.3 is 9.80 Å². The van der Waals surface area contributed by atoms with E-state index in [0.29, 0.717) is 31.9 Å². The monoisotopic (exact) mass is 290 g/mol. The van der Waals surface area contributed by atoms with Gasteiger partial charge in [0.2, 0.25) is 0 Å². The number of hydrogen-bond acceptors (Lipinski definition) is 4. The fourth-order valence-electron chi connectivity index (χ4n) is 2.52. The van der Waals surface area contributed by atoms with Gasteiger partial charge in [0.1, 0.15) is 23.3 Å². The number of hydrogen-bond donors (Lipinski definition) is 0. The molecule has 4 nitrogen and oxygen atoms in total. The highest BCUT2D eigenvalue weighted by Crippen LogP contribution is 2.23. The van der Waals surface area contributed by atoms with Crippen molar-refractivity contribution in [3.63, 3.8) is 0 Å². The molecule has 1 aromatic carbocycles. The van der Waals surface area contributed by atoms with Crippen LogP contribution < -0.4 is 9.80 Å². The molecule has 2 aromatic rings. The molecule has 1 fully saturated rings. The molecule has 110 valence electrons. The molecule has 0 spiro atoms. The molecule has 0 bridgehead atoms. The Kier molecular flexibility index (Phi) is 3.68. The quantitative estimate of drug-likeness (QED) is 0.850. The minimum Gasteiger partial charge on any atom is -0.366 e. The first kappa shape index (κ1) is 13.7. The molecule has 0 aliphatic carbocycles. The van der Waals surface area contributed by atoms with Crippen LogP contribution in [0.25, 0.3) is 0 Å². The normalized spacial score (nSPS) is 15.4. The lowest BCUT2D eigenvalue weighted by Gasteiger charge is -2.36. The SMILES string of the molecule is Cc1nccc(N2CCN(c3cc(F)ccc3F)CC2)n1. The van der Waals surface area contributed by atoms with Crippen molar-refractivity contribution in [2.45, 2.75) is 6.92 Å². The highest BCUT2D eigenvalue weighted by atomic mass is 19.1. The van der Waals surface area contributed by atoms with Crippen LogP contribution in [0.3, 0.4) is 0 Å². The maximum atomic E-state index is 13.8. The van der Waals surface area contributed by atoms with Gasteiger partial charge >= 0.3 is 0 Å². The van der Waals surface area contributed by atoms with Crippen LogP contribution in [0, 0.1) is 18.6 Å². The third-order valence-electron chi connectivity index (χ3n) is 3.61. The lowest BCUT2D eigenvalue weighted by Crippen LogP contribution is -2.47. The molecule has 1 aliphatic rings. The first-order valence-electron chi connectivity index (χ1n) is 6.88. The van der Waals surface area contributed by atoms with E-state index >= 15 is 0 Å². The number of benzene rings is 1. The summed E-state index contributed by atoms with van der Waals surface area (Å²) in [4.78, 5) is 12.5. The van der Waals surface area contributed by atoms with Crippen LogP contribution >= 0.6 is 0 Å². The lowest BCUT2D eigenvalue weighted by atomic mass is 10.2. The van der Waals surface area contributed by atoms with Gasteiger partial charge in [-0.1, -0.05) is 0 Å². The molecule has 0 N–H and O–H groups in total. The van der Waals surface area contributed by atoms with Crippen LogP contribution in [0.2, 0.25) is 0 Å². The van der Waals surface area contributed by atoms with Gasteiger partial charge in [-0.25, -0.2) is 18.7 Å². The van der Waals surface area contributed by atoms with Gasteiger partial charge in [0, 0.05) is 38.4 Å². The van der Waals surface area contributed by atoms with Gasteiger partial charge in [0.25, 0.3) is 0 Å². The molecule has 0 unspecified atom stereocenters. The van der Waals surface area contributed by atoms with Gasteiger partial charge in [-0.05, 0) is 25.1 Å². The average Bonchev–Trinajstić information content (AvgIpc) is 2.50. The van der Waals surface area contributed by atoms with Crippen LogP contribution in [-0.4, -0.2) is 36.1 Å². The maximum Gasteiger partial charge on any atom is 0.146 e. The molecule has 1 aliphatic heterocycles. The number of aromatic nitrogens is 2. The average molecular weight is 290 g/mol. The second kappa shape index (κ2) is 5.63. The Morgan fingerprint density at radius 3 is 2.43 bits per heavy atom. The van der Waals surface area contributed by atoms with Crippen LogP contribution in [0.15, 0.2) is 30.5 Å². The molecule has 6 heteroatoms. The Labute approximate surface area is 122 Å². The summed E-state index contributed by atoms with van der Waals surface area (Å²) in [5.74, 6) is 0.802. The summed E-state index contributed by atoms with van der Waals surface area (Å²) in [5.41, 5.74) is 0.327. The summed E-state index contributed by atoms with van der Waals surface area (Å²) in [5, 5.41) is 0. The number of nitrogens with zero attached hydrogens (tertiary/aromatic N) is 4. The zero-order valence-corrected chi connectivity index (χ0v) is 11.8.